The minimum absolute atomic E-state index is 0. The zero-order chi connectivity index (χ0) is 0. The van der Waals surface area contributed by atoms with Gasteiger partial charge in [0.15, 0.2) is 0 Å². The van der Waals surface area contributed by atoms with E-state index in [1.54, 1.807) is 0 Å². The summed E-state index contributed by atoms with van der Waals surface area (Å²) in [5.74, 6) is 0. The molecule has 0 aromatic carbocycles. The van der Waals surface area contributed by atoms with E-state index in [-0.39, 0.29) is 137 Å². The van der Waals surface area contributed by atoms with Crippen molar-refractivity contribution in [2.24, 2.45) is 0 Å². The Morgan fingerprint density at radius 3 is 0.125 bits per heavy atom. The number of rotatable bonds is 0. The predicted octanol–water partition coefficient (Wildman–Crippen LogP) is -0.0200. The van der Waals surface area contributed by atoms with Gasteiger partial charge in [0.1, 0.15) is 0 Å². The van der Waals surface area contributed by atoms with Crippen LogP contribution in [0.2, 0.25) is 0 Å². The first-order valence-electron chi connectivity index (χ1n) is 0. The Labute approximate surface area is 134 Å². The zero-order valence-corrected chi connectivity index (χ0v) is 9.95. The molecule has 0 unspecified atom stereocenters. The van der Waals surface area contributed by atoms with Gasteiger partial charge in [-0.05, 0) is 0 Å². The summed E-state index contributed by atoms with van der Waals surface area (Å²) >= 11 is 0. The molecule has 0 amide bonds. The van der Waals surface area contributed by atoms with Crippen molar-refractivity contribution >= 4 is 0 Å². The molecule has 0 aromatic rings. The first-order chi connectivity index (χ1) is 0. The van der Waals surface area contributed by atoms with E-state index >= 15 is 0 Å². The molecule has 0 aromatic heterocycles. The van der Waals surface area contributed by atoms with E-state index in [0.29, 0.717) is 0 Å². The Morgan fingerprint density at radius 1 is 0.125 bits per heavy atom. The molecule has 0 heterocycles. The molecule has 0 N–H and O–H groups in total. The molecule has 88 valence electrons. The standard InChI is InChI=1S/8Cu. The molecule has 8 heteroatoms. The van der Waals surface area contributed by atoms with Crippen LogP contribution in [0.1, 0.15) is 0 Å². The van der Waals surface area contributed by atoms with E-state index in [4.69, 9.17) is 0 Å². The van der Waals surface area contributed by atoms with Crippen LogP contribution < -0.4 is 0 Å². The van der Waals surface area contributed by atoms with Crippen LogP contribution in [0.4, 0.5) is 0 Å². The number of hydrogen-bond donors (Lipinski definition) is 0. The quantitative estimate of drug-likeness (QED) is 0.404. The molecule has 0 bridgehead atoms. The second-order valence-corrected chi connectivity index (χ2v) is 0. The van der Waals surface area contributed by atoms with Crippen molar-refractivity contribution in [3.63, 3.8) is 0 Å². The molecule has 0 aliphatic heterocycles. The average molecular weight is 508 g/mol. The third kappa shape index (κ3) is 49.3. The molecule has 0 rings (SSSR count). The third-order valence-electron chi connectivity index (χ3n) is 0. The maximum Gasteiger partial charge on any atom is 0 e. The first kappa shape index (κ1) is 87.6. The van der Waals surface area contributed by atoms with Crippen LogP contribution in [0, 0.1) is 0 Å². The van der Waals surface area contributed by atoms with Gasteiger partial charge in [0.2, 0.25) is 0 Å². The molecular weight excluding hydrogens is 508 g/mol. The summed E-state index contributed by atoms with van der Waals surface area (Å²) in [4.78, 5) is 0. The Bertz CT molecular complexity index is 0. The van der Waals surface area contributed by atoms with Gasteiger partial charge in [-0.15, -0.1) is 0 Å². The fourth-order valence-electron chi connectivity index (χ4n) is 0. The SMILES string of the molecule is [Cu].[Cu].[Cu].[Cu].[Cu].[Cu].[Cu].[Cu]. The van der Waals surface area contributed by atoms with Crippen LogP contribution in [0.25, 0.3) is 0 Å². The van der Waals surface area contributed by atoms with Crippen molar-refractivity contribution in [1.29, 1.82) is 0 Å². The smallest absolute Gasteiger partial charge is 0 e. The van der Waals surface area contributed by atoms with Gasteiger partial charge < -0.3 is 0 Å². The van der Waals surface area contributed by atoms with Crippen molar-refractivity contribution in [2.75, 3.05) is 0 Å². The fraction of sp³-hybridized carbons (Fsp3) is 0. The second-order valence-electron chi connectivity index (χ2n) is 0. The van der Waals surface area contributed by atoms with Gasteiger partial charge in [0.05, 0.1) is 0 Å². The Balaban J connectivity index is 0. The third-order valence-corrected chi connectivity index (χ3v) is 0. The van der Waals surface area contributed by atoms with Gasteiger partial charge in [-0.3, -0.25) is 0 Å². The largest absolute Gasteiger partial charge is 0 e. The van der Waals surface area contributed by atoms with Crippen molar-refractivity contribution in [3.05, 3.63) is 0 Å². The van der Waals surface area contributed by atoms with E-state index in [1.807, 2.05) is 0 Å². The topological polar surface area (TPSA) is 0 Å². The van der Waals surface area contributed by atoms with Crippen LogP contribution in [-0.2, 0) is 137 Å². The van der Waals surface area contributed by atoms with Gasteiger partial charge in [-0.25, -0.2) is 0 Å². The summed E-state index contributed by atoms with van der Waals surface area (Å²) in [6.07, 6.45) is 0. The van der Waals surface area contributed by atoms with Gasteiger partial charge >= 0.3 is 0 Å². The normalized spacial score (nSPS) is 0. The molecule has 0 spiro atoms. The van der Waals surface area contributed by atoms with Crippen molar-refractivity contribution in [3.8, 4) is 0 Å². The molecule has 0 saturated carbocycles. The molecule has 0 atom stereocenters. The van der Waals surface area contributed by atoms with Crippen LogP contribution in [-0.4, -0.2) is 0 Å². The van der Waals surface area contributed by atoms with Gasteiger partial charge in [-0.2, -0.15) is 0 Å². The van der Waals surface area contributed by atoms with Crippen LogP contribution in [0.3, 0.4) is 0 Å². The van der Waals surface area contributed by atoms with Crippen molar-refractivity contribution in [2.45, 2.75) is 0 Å². The van der Waals surface area contributed by atoms with Crippen LogP contribution >= 0.6 is 0 Å². The first-order valence-corrected chi connectivity index (χ1v) is 0. The summed E-state index contributed by atoms with van der Waals surface area (Å²) in [5, 5.41) is 0. The summed E-state index contributed by atoms with van der Waals surface area (Å²) in [7, 11) is 0. The Hall–Kier alpha value is 4.16. The van der Waals surface area contributed by atoms with Gasteiger partial charge in [0, 0.05) is 137 Å². The monoisotopic (exact) mass is 503 g/mol. The molecule has 0 aliphatic rings. The molecule has 0 aliphatic carbocycles. The molecule has 0 saturated heterocycles. The van der Waals surface area contributed by atoms with E-state index < -0.39 is 0 Å². The molecule has 8 heavy (non-hydrogen) atoms. The fourth-order valence-corrected chi connectivity index (χ4v) is 0. The van der Waals surface area contributed by atoms with Gasteiger partial charge in [0.25, 0.3) is 0 Å². The maximum atomic E-state index is 0. The van der Waals surface area contributed by atoms with Crippen LogP contribution in [0.15, 0.2) is 0 Å². The minimum Gasteiger partial charge on any atom is 0 e. The summed E-state index contributed by atoms with van der Waals surface area (Å²) in [5.41, 5.74) is 0. The molecular formula is Cu8. The summed E-state index contributed by atoms with van der Waals surface area (Å²) in [6, 6.07) is 0. The van der Waals surface area contributed by atoms with E-state index in [1.165, 1.54) is 0 Å². The summed E-state index contributed by atoms with van der Waals surface area (Å²) < 4.78 is 0. The predicted molar refractivity (Wildman–Crippen MR) is 0 cm³/mol. The van der Waals surface area contributed by atoms with Crippen molar-refractivity contribution < 1.29 is 137 Å². The van der Waals surface area contributed by atoms with E-state index in [0.717, 1.165) is 0 Å². The maximum absolute atomic E-state index is 0. The minimum atomic E-state index is 0. The summed E-state index contributed by atoms with van der Waals surface area (Å²) in [6.45, 7) is 0. The molecule has 0 fully saturated rings. The Morgan fingerprint density at radius 2 is 0.125 bits per heavy atom. The van der Waals surface area contributed by atoms with Gasteiger partial charge in [-0.1, -0.05) is 0 Å². The molecule has 0 nitrogen and oxygen atoms in total. The second kappa shape index (κ2) is 66.6. The Kier molecular flexibility index (Phi) is 729. The number of hydrogen-bond acceptors (Lipinski definition) is 0. The van der Waals surface area contributed by atoms with E-state index in [9.17, 15) is 0 Å². The van der Waals surface area contributed by atoms with Crippen molar-refractivity contribution in [1.82, 2.24) is 0 Å². The van der Waals surface area contributed by atoms with Crippen LogP contribution in [0.5, 0.6) is 0 Å². The molecule has 8 radical (unpaired) electrons. The average Bonchev–Trinajstić information content (AvgIpc) is 0. The van der Waals surface area contributed by atoms with E-state index in [2.05, 4.69) is 0 Å². The zero-order valence-electron chi connectivity index (χ0n) is 2.41.